The molecule has 2 unspecified atom stereocenters. The second kappa shape index (κ2) is 15.9. The monoisotopic (exact) mass is 701 g/mol. The van der Waals surface area contributed by atoms with E-state index < -0.39 is 0 Å². The maximum Gasteiger partial charge on any atom is 0.223 e. The number of carbonyl (C=O) groups is 2. The van der Waals surface area contributed by atoms with Crippen LogP contribution in [-0.2, 0) is 16.0 Å². The number of alkyl halides is 1. The van der Waals surface area contributed by atoms with E-state index in [0.717, 1.165) is 101 Å². The molecule has 248 valence electrons. The first-order chi connectivity index (χ1) is 21.7. The van der Waals surface area contributed by atoms with Crippen molar-refractivity contribution in [1.82, 2.24) is 19.6 Å². The Hall–Kier alpha value is -1.74. The largest absolute Gasteiger partial charge is 0.343 e. The molecule has 3 saturated heterocycles. The summed E-state index contributed by atoms with van der Waals surface area (Å²) in [6.07, 6.45) is 9.82. The van der Waals surface area contributed by atoms with Crippen molar-refractivity contribution in [2.45, 2.75) is 97.2 Å². The van der Waals surface area contributed by atoms with Crippen LogP contribution in [0.25, 0.3) is 0 Å². The number of carbonyl (C=O) groups excluding carboxylic acids is 2. The average Bonchev–Trinajstić information content (AvgIpc) is 3.19. The van der Waals surface area contributed by atoms with Crippen molar-refractivity contribution in [2.75, 3.05) is 51.1 Å². The Morgan fingerprint density at radius 3 is 2.40 bits per heavy atom. The second-order valence-electron chi connectivity index (χ2n) is 13.9. The van der Waals surface area contributed by atoms with Gasteiger partial charge in [0.05, 0.1) is 11.7 Å². The summed E-state index contributed by atoms with van der Waals surface area (Å²) < 4.78 is 0. The fourth-order valence-electron chi connectivity index (χ4n) is 8.20. The van der Waals surface area contributed by atoms with Gasteiger partial charge in [0.1, 0.15) is 0 Å². The summed E-state index contributed by atoms with van der Waals surface area (Å²) in [6, 6.07) is 7.40. The first-order valence-electron chi connectivity index (χ1n) is 17.3. The Bertz CT molecular complexity index is 1250. The van der Waals surface area contributed by atoms with E-state index in [1.807, 2.05) is 17.2 Å². The summed E-state index contributed by atoms with van der Waals surface area (Å²) in [4.78, 5) is 39.9. The molecule has 2 atom stereocenters. The molecule has 1 aromatic rings. The Morgan fingerprint density at radius 2 is 1.76 bits per heavy atom. The van der Waals surface area contributed by atoms with Gasteiger partial charge in [0.25, 0.3) is 0 Å². The highest BCUT2D eigenvalue weighted by Gasteiger charge is 2.39. The van der Waals surface area contributed by atoms with E-state index in [1.165, 1.54) is 22.4 Å². The summed E-state index contributed by atoms with van der Waals surface area (Å²) in [5, 5.41) is 1.56. The quantitative estimate of drug-likeness (QED) is 0.223. The van der Waals surface area contributed by atoms with Crippen LogP contribution in [0.1, 0.15) is 89.8 Å². The van der Waals surface area contributed by atoms with E-state index in [-0.39, 0.29) is 18.0 Å². The molecule has 4 aliphatic rings. The minimum atomic E-state index is 0.149. The number of benzene rings is 1. The number of piperidine rings is 2. The molecule has 0 spiro atoms. The van der Waals surface area contributed by atoms with E-state index in [9.17, 15) is 9.59 Å². The first kappa shape index (κ1) is 34.6. The lowest BCUT2D eigenvalue weighted by atomic mass is 9.90. The van der Waals surface area contributed by atoms with Crippen molar-refractivity contribution < 1.29 is 9.59 Å². The molecule has 1 aromatic carbocycles. The van der Waals surface area contributed by atoms with Crippen LogP contribution in [0.2, 0.25) is 5.02 Å². The number of halogens is 2. The Balaban J connectivity index is 1.24. The molecule has 7 nitrogen and oxygen atoms in total. The van der Waals surface area contributed by atoms with Gasteiger partial charge in [-0.05, 0) is 85.6 Å². The van der Waals surface area contributed by atoms with Gasteiger partial charge in [-0.3, -0.25) is 24.4 Å². The fourth-order valence-corrected chi connectivity index (χ4v) is 8.54. The number of fused-ring (bicyclic) bond motifs is 1. The average molecular weight is 703 g/mol. The standard InChI is InChI=1S/C36H53BrClN5O2/c1-5-28-6-7-29-23-30(38)8-9-32(29)36(35(28)39-15-14-37)41-18-12-31(13-19-41)42-20-21-43(33(24-42)25(2)3)34(45)22-27-10-16-40(17-11-27)26(4)44/h8-9,15,23,25,27,31,33,36H,5-7,10-14,16-22,24H2,1-4H3. The maximum absolute atomic E-state index is 13.6. The molecule has 3 heterocycles. The van der Waals surface area contributed by atoms with Crippen LogP contribution in [0.4, 0.5) is 0 Å². The zero-order chi connectivity index (χ0) is 32.1. The van der Waals surface area contributed by atoms with Gasteiger partial charge in [0, 0.05) is 87.8 Å². The van der Waals surface area contributed by atoms with Crippen LogP contribution in [-0.4, -0.2) is 101 Å². The molecule has 0 radical (unpaired) electrons. The van der Waals surface area contributed by atoms with Crippen molar-refractivity contribution in [3.05, 3.63) is 45.6 Å². The predicted octanol–water partition coefficient (Wildman–Crippen LogP) is 6.74. The summed E-state index contributed by atoms with van der Waals surface area (Å²) >= 11 is 10.0. The molecule has 0 bridgehead atoms. The van der Waals surface area contributed by atoms with Crippen molar-refractivity contribution in [1.29, 1.82) is 0 Å². The van der Waals surface area contributed by atoms with Crippen LogP contribution in [0, 0.1) is 11.8 Å². The number of likely N-dealkylation sites (tertiary alicyclic amines) is 2. The van der Waals surface area contributed by atoms with Gasteiger partial charge in [-0.1, -0.05) is 54.4 Å². The SMILES string of the molecule is CCC1=C(N=CCBr)C(N2CCC(N3CCN(C(=O)CC4CCN(C(C)=O)CC4)C(C(C)C)C3)CC2)c2ccc(Cl)cc2CC1. The summed E-state index contributed by atoms with van der Waals surface area (Å²) in [7, 11) is 0. The van der Waals surface area contributed by atoms with Gasteiger partial charge < -0.3 is 9.80 Å². The molecule has 0 aromatic heterocycles. The number of piperazine rings is 1. The third-order valence-corrected chi connectivity index (χ3v) is 11.4. The van der Waals surface area contributed by atoms with Gasteiger partial charge in [0.2, 0.25) is 11.8 Å². The lowest BCUT2D eigenvalue weighted by molar-refractivity contribution is -0.140. The number of rotatable bonds is 8. The number of amides is 2. The van der Waals surface area contributed by atoms with E-state index in [1.54, 1.807) is 6.92 Å². The van der Waals surface area contributed by atoms with Gasteiger partial charge in [0.15, 0.2) is 0 Å². The summed E-state index contributed by atoms with van der Waals surface area (Å²) in [5.41, 5.74) is 5.41. The van der Waals surface area contributed by atoms with E-state index in [0.29, 0.717) is 30.2 Å². The van der Waals surface area contributed by atoms with Gasteiger partial charge in [-0.15, -0.1) is 0 Å². The number of allylic oxidation sites excluding steroid dienone is 1. The predicted molar refractivity (Wildman–Crippen MR) is 188 cm³/mol. The third kappa shape index (κ3) is 8.22. The van der Waals surface area contributed by atoms with Crippen LogP contribution >= 0.6 is 27.5 Å². The topological polar surface area (TPSA) is 59.5 Å². The van der Waals surface area contributed by atoms with Crippen LogP contribution in [0.5, 0.6) is 0 Å². The number of hydrogen-bond acceptors (Lipinski definition) is 5. The van der Waals surface area contributed by atoms with Crippen LogP contribution in [0.3, 0.4) is 0 Å². The van der Waals surface area contributed by atoms with Gasteiger partial charge >= 0.3 is 0 Å². The normalized spacial score (nSPS) is 24.9. The second-order valence-corrected chi connectivity index (χ2v) is 15.0. The van der Waals surface area contributed by atoms with Crippen molar-refractivity contribution in [3.63, 3.8) is 0 Å². The van der Waals surface area contributed by atoms with Crippen molar-refractivity contribution >= 4 is 45.6 Å². The Kier molecular flexibility index (Phi) is 12.2. The highest BCUT2D eigenvalue weighted by molar-refractivity contribution is 9.09. The van der Waals surface area contributed by atoms with Crippen LogP contribution < -0.4 is 0 Å². The fraction of sp³-hybridized carbons (Fsp3) is 0.694. The minimum absolute atomic E-state index is 0.149. The van der Waals surface area contributed by atoms with E-state index >= 15 is 0 Å². The van der Waals surface area contributed by atoms with Crippen LogP contribution in [0.15, 0.2) is 34.5 Å². The lowest BCUT2D eigenvalue weighted by Gasteiger charge is -2.49. The zero-order valence-electron chi connectivity index (χ0n) is 27.8. The molecular weight excluding hydrogens is 650 g/mol. The molecule has 5 rings (SSSR count). The first-order valence-corrected chi connectivity index (χ1v) is 18.8. The summed E-state index contributed by atoms with van der Waals surface area (Å²) in [5.74, 6) is 1.26. The van der Waals surface area contributed by atoms with Crippen molar-refractivity contribution in [2.24, 2.45) is 16.8 Å². The Labute approximate surface area is 284 Å². The number of aryl methyl sites for hydroxylation is 1. The molecule has 0 N–H and O–H groups in total. The van der Waals surface area contributed by atoms with Gasteiger partial charge in [-0.25, -0.2) is 0 Å². The summed E-state index contributed by atoms with van der Waals surface area (Å²) in [6.45, 7) is 14.8. The maximum atomic E-state index is 13.6. The molecular formula is C36H53BrClN5O2. The number of hydrogen-bond donors (Lipinski definition) is 0. The number of nitrogens with zero attached hydrogens (tertiary/aromatic N) is 5. The third-order valence-electron chi connectivity index (χ3n) is 10.9. The van der Waals surface area contributed by atoms with E-state index in [4.69, 9.17) is 16.6 Å². The molecule has 1 aliphatic carbocycles. The molecule has 9 heteroatoms. The number of aliphatic imine (C=N–C) groups is 1. The van der Waals surface area contributed by atoms with Gasteiger partial charge in [-0.2, -0.15) is 0 Å². The van der Waals surface area contributed by atoms with Crippen molar-refractivity contribution in [3.8, 4) is 0 Å². The lowest BCUT2D eigenvalue weighted by Crippen LogP contribution is -2.60. The smallest absolute Gasteiger partial charge is 0.223 e. The highest BCUT2D eigenvalue weighted by atomic mass is 79.9. The highest BCUT2D eigenvalue weighted by Crippen LogP contribution is 2.41. The zero-order valence-corrected chi connectivity index (χ0v) is 30.2. The minimum Gasteiger partial charge on any atom is -0.343 e. The Morgan fingerprint density at radius 1 is 1.02 bits per heavy atom. The molecule has 3 fully saturated rings. The molecule has 3 aliphatic heterocycles. The molecule has 2 amide bonds. The van der Waals surface area contributed by atoms with E-state index in [2.05, 4.69) is 63.5 Å². The molecule has 45 heavy (non-hydrogen) atoms. The molecule has 0 saturated carbocycles.